The molecule has 6 heteroatoms. The van der Waals surface area contributed by atoms with Crippen molar-refractivity contribution >= 4 is 27.8 Å². The summed E-state index contributed by atoms with van der Waals surface area (Å²) in [6, 6.07) is 5.37. The Bertz CT molecular complexity index is 860. The lowest BCUT2D eigenvalue weighted by atomic mass is 10.1. The van der Waals surface area contributed by atoms with E-state index >= 15 is 0 Å². The van der Waals surface area contributed by atoms with Gasteiger partial charge in [-0.3, -0.25) is 9.48 Å². The van der Waals surface area contributed by atoms with E-state index in [1.807, 2.05) is 19.1 Å². The Morgan fingerprint density at radius 2 is 2.21 bits per heavy atom. The topological polar surface area (TPSA) is 85.3 Å². The first-order valence-electron chi connectivity index (χ1n) is 5.67. The number of aromatic nitrogens is 2. The van der Waals surface area contributed by atoms with Gasteiger partial charge in [0.2, 0.25) is 0 Å². The summed E-state index contributed by atoms with van der Waals surface area (Å²) in [5, 5.41) is 13.8. The van der Waals surface area contributed by atoms with E-state index < -0.39 is 11.6 Å². The molecule has 0 saturated carbocycles. The largest absolute Gasteiger partial charge is 0.480 e. The maximum Gasteiger partial charge on any atom is 0.347 e. The Morgan fingerprint density at radius 3 is 2.95 bits per heavy atom. The smallest absolute Gasteiger partial charge is 0.347 e. The van der Waals surface area contributed by atoms with Crippen molar-refractivity contribution < 1.29 is 14.3 Å². The van der Waals surface area contributed by atoms with Gasteiger partial charge in [-0.05, 0) is 19.1 Å². The van der Waals surface area contributed by atoms with Crippen LogP contribution in [0.4, 0.5) is 0 Å². The van der Waals surface area contributed by atoms with Gasteiger partial charge in [0.1, 0.15) is 17.5 Å². The molecule has 19 heavy (non-hydrogen) atoms. The molecule has 0 saturated heterocycles. The number of hydrogen-bond acceptors (Lipinski definition) is 4. The van der Waals surface area contributed by atoms with Crippen LogP contribution in [-0.2, 0) is 11.3 Å². The fourth-order valence-corrected chi connectivity index (χ4v) is 2.14. The summed E-state index contributed by atoms with van der Waals surface area (Å²) in [6.45, 7) is 1.62. The molecule has 2 aromatic heterocycles. The van der Waals surface area contributed by atoms with Crippen molar-refractivity contribution in [3.63, 3.8) is 0 Å². The quantitative estimate of drug-likeness (QED) is 0.704. The van der Waals surface area contributed by atoms with Gasteiger partial charge in [0.15, 0.2) is 0 Å². The highest BCUT2D eigenvalue weighted by atomic mass is 16.4. The monoisotopic (exact) mass is 258 g/mol. The third kappa shape index (κ3) is 1.77. The van der Waals surface area contributed by atoms with Crippen molar-refractivity contribution in [1.29, 1.82) is 0 Å². The second-order valence-corrected chi connectivity index (χ2v) is 4.35. The molecule has 0 radical (unpaired) electrons. The molecule has 0 atom stereocenters. The van der Waals surface area contributed by atoms with Gasteiger partial charge in [-0.25, -0.2) is 4.79 Å². The van der Waals surface area contributed by atoms with Gasteiger partial charge in [-0.2, -0.15) is 5.10 Å². The molecule has 0 aliphatic heterocycles. The minimum atomic E-state index is -1.01. The molecule has 1 aromatic carbocycles. The summed E-state index contributed by atoms with van der Waals surface area (Å²) < 4.78 is 6.49. The van der Waals surface area contributed by atoms with E-state index in [1.54, 1.807) is 6.07 Å². The van der Waals surface area contributed by atoms with Crippen LogP contribution in [0.5, 0.6) is 0 Å². The Kier molecular flexibility index (Phi) is 2.38. The average Bonchev–Trinajstić information content (AvgIpc) is 2.74. The second-order valence-electron chi connectivity index (χ2n) is 4.35. The predicted molar refractivity (Wildman–Crippen MR) is 68.1 cm³/mol. The molecule has 0 unspecified atom stereocenters. The third-order valence-electron chi connectivity index (χ3n) is 2.94. The molecule has 3 rings (SSSR count). The number of carboxylic acids is 1. The Morgan fingerprint density at radius 1 is 1.42 bits per heavy atom. The summed E-state index contributed by atoms with van der Waals surface area (Å²) >= 11 is 0. The summed E-state index contributed by atoms with van der Waals surface area (Å²) in [5.74, 6) is -1.01. The first kappa shape index (κ1) is 11.5. The van der Waals surface area contributed by atoms with Crippen LogP contribution in [0.3, 0.4) is 0 Å². The number of benzene rings is 1. The van der Waals surface area contributed by atoms with Crippen molar-refractivity contribution in [3.8, 4) is 0 Å². The van der Waals surface area contributed by atoms with E-state index in [0.29, 0.717) is 21.9 Å². The first-order valence-corrected chi connectivity index (χ1v) is 5.67. The Labute approximate surface area is 106 Å². The molecule has 1 N–H and O–H groups in total. The minimum absolute atomic E-state index is 0.291. The summed E-state index contributed by atoms with van der Waals surface area (Å²) in [7, 11) is 0. The highest BCUT2D eigenvalue weighted by Crippen LogP contribution is 2.23. The van der Waals surface area contributed by atoms with Crippen molar-refractivity contribution in [2.24, 2.45) is 0 Å². The normalized spacial score (nSPS) is 11.2. The molecule has 2 heterocycles. The van der Waals surface area contributed by atoms with E-state index in [2.05, 4.69) is 5.10 Å². The molecule has 0 aliphatic carbocycles. The van der Waals surface area contributed by atoms with Crippen LogP contribution in [0, 0.1) is 6.92 Å². The van der Waals surface area contributed by atoms with Gasteiger partial charge < -0.3 is 9.52 Å². The molecular weight excluding hydrogens is 248 g/mol. The number of carbonyl (C=O) groups is 1. The summed E-state index contributed by atoms with van der Waals surface area (Å²) in [6.07, 6.45) is 1.34. The van der Waals surface area contributed by atoms with Crippen LogP contribution >= 0.6 is 0 Å². The van der Waals surface area contributed by atoms with Crippen molar-refractivity contribution in [1.82, 2.24) is 9.78 Å². The Balaban J connectivity index is 2.48. The number of aliphatic carboxylic acids is 1. The molecule has 3 aromatic rings. The maximum absolute atomic E-state index is 11.8. The molecule has 96 valence electrons. The van der Waals surface area contributed by atoms with E-state index in [0.717, 1.165) is 5.56 Å². The fourth-order valence-electron chi connectivity index (χ4n) is 2.14. The van der Waals surface area contributed by atoms with Crippen LogP contribution in [-0.4, -0.2) is 20.9 Å². The first-order chi connectivity index (χ1) is 9.06. The van der Waals surface area contributed by atoms with Crippen LogP contribution < -0.4 is 5.63 Å². The zero-order chi connectivity index (χ0) is 13.6. The SMILES string of the molecule is Cc1ccc2oc(=O)c3cnn(CC(=O)O)c3c2c1. The van der Waals surface area contributed by atoms with Gasteiger partial charge in [-0.1, -0.05) is 11.6 Å². The average molecular weight is 258 g/mol. The van der Waals surface area contributed by atoms with Crippen molar-refractivity contribution in [2.45, 2.75) is 13.5 Å². The summed E-state index contributed by atoms with van der Waals surface area (Å²) in [5.41, 5.74) is 1.40. The van der Waals surface area contributed by atoms with Gasteiger partial charge in [0.25, 0.3) is 0 Å². The van der Waals surface area contributed by atoms with Crippen molar-refractivity contribution in [3.05, 3.63) is 40.4 Å². The second kappa shape index (κ2) is 3.94. The number of aryl methyl sites for hydroxylation is 1. The fraction of sp³-hybridized carbons (Fsp3) is 0.154. The Hall–Kier alpha value is -2.63. The van der Waals surface area contributed by atoms with Crippen LogP contribution in [0.2, 0.25) is 0 Å². The van der Waals surface area contributed by atoms with Gasteiger partial charge in [0.05, 0.1) is 11.7 Å². The van der Waals surface area contributed by atoms with Crippen molar-refractivity contribution in [2.75, 3.05) is 0 Å². The lowest BCUT2D eigenvalue weighted by Crippen LogP contribution is -2.10. The molecule has 0 spiro atoms. The number of fused-ring (bicyclic) bond motifs is 3. The lowest BCUT2D eigenvalue weighted by molar-refractivity contribution is -0.137. The van der Waals surface area contributed by atoms with Crippen LogP contribution in [0.1, 0.15) is 5.56 Å². The third-order valence-corrected chi connectivity index (χ3v) is 2.94. The van der Waals surface area contributed by atoms with E-state index in [1.165, 1.54) is 10.9 Å². The molecular formula is C13H10N2O4. The number of carboxylic acid groups (broad SMARTS) is 1. The zero-order valence-electron chi connectivity index (χ0n) is 10.1. The highest BCUT2D eigenvalue weighted by Gasteiger charge is 2.14. The molecule has 0 aliphatic rings. The van der Waals surface area contributed by atoms with Gasteiger partial charge >= 0.3 is 11.6 Å². The highest BCUT2D eigenvalue weighted by molar-refractivity contribution is 6.02. The summed E-state index contributed by atoms with van der Waals surface area (Å²) in [4.78, 5) is 22.6. The van der Waals surface area contributed by atoms with E-state index in [-0.39, 0.29) is 6.54 Å². The lowest BCUT2D eigenvalue weighted by Gasteiger charge is -2.03. The van der Waals surface area contributed by atoms with Gasteiger partial charge in [0, 0.05) is 5.39 Å². The van der Waals surface area contributed by atoms with Crippen LogP contribution in [0.25, 0.3) is 21.9 Å². The molecule has 0 amide bonds. The van der Waals surface area contributed by atoms with E-state index in [9.17, 15) is 9.59 Å². The predicted octanol–water partition coefficient (Wildman–Crippen LogP) is 1.54. The minimum Gasteiger partial charge on any atom is -0.480 e. The van der Waals surface area contributed by atoms with Gasteiger partial charge in [-0.15, -0.1) is 0 Å². The van der Waals surface area contributed by atoms with E-state index in [4.69, 9.17) is 9.52 Å². The molecule has 0 bridgehead atoms. The zero-order valence-corrected chi connectivity index (χ0v) is 10.1. The van der Waals surface area contributed by atoms with Crippen LogP contribution in [0.15, 0.2) is 33.6 Å². The number of rotatable bonds is 2. The maximum atomic E-state index is 11.8. The molecule has 6 nitrogen and oxygen atoms in total. The number of nitrogens with zero attached hydrogens (tertiary/aromatic N) is 2. The standard InChI is InChI=1S/C13H10N2O4/c1-7-2-3-10-8(4-7)12-9(13(18)19-10)5-14-15(12)6-11(16)17/h2-5H,6H2,1H3,(H,16,17). The molecule has 0 fully saturated rings. The number of hydrogen-bond donors (Lipinski definition) is 1.